The zero-order chi connectivity index (χ0) is 22.4. The van der Waals surface area contributed by atoms with Gasteiger partial charge in [0, 0.05) is 12.6 Å². The smallest absolute Gasteiger partial charge is 0.339 e. The van der Waals surface area contributed by atoms with Crippen LogP contribution in [-0.2, 0) is 19.1 Å². The van der Waals surface area contributed by atoms with E-state index in [2.05, 4.69) is 10.3 Å². The van der Waals surface area contributed by atoms with E-state index in [0.29, 0.717) is 11.3 Å². The topological polar surface area (TPSA) is 115 Å². The van der Waals surface area contributed by atoms with Crippen molar-refractivity contribution in [1.82, 2.24) is 10.3 Å². The molecule has 1 aromatic heterocycles. The molecule has 1 amide bonds. The summed E-state index contributed by atoms with van der Waals surface area (Å²) in [5.41, 5.74) is 2.16. The first kappa shape index (κ1) is 22.9. The summed E-state index contributed by atoms with van der Waals surface area (Å²) in [6.45, 7) is 6.11. The predicted molar refractivity (Wildman–Crippen MR) is 109 cm³/mol. The lowest BCUT2D eigenvalue weighted by atomic mass is 10.0. The van der Waals surface area contributed by atoms with Gasteiger partial charge in [-0.1, -0.05) is 30.3 Å². The minimum atomic E-state index is -1.08. The summed E-state index contributed by atoms with van der Waals surface area (Å²) in [6, 6.07) is 8.45. The molecule has 160 valence electrons. The predicted octanol–water partition coefficient (Wildman–Crippen LogP) is 2.80. The molecule has 0 radical (unpaired) electrons. The number of rotatable bonds is 8. The fourth-order valence-corrected chi connectivity index (χ4v) is 3.26. The highest BCUT2D eigenvalue weighted by Crippen LogP contribution is 2.22. The number of esters is 2. The van der Waals surface area contributed by atoms with Gasteiger partial charge in [-0.3, -0.25) is 14.4 Å². The zero-order valence-electron chi connectivity index (χ0n) is 17.7. The van der Waals surface area contributed by atoms with Crippen molar-refractivity contribution in [1.29, 1.82) is 0 Å². The van der Waals surface area contributed by atoms with Crippen molar-refractivity contribution in [3.05, 3.63) is 58.4 Å². The number of carbonyl (C=O) groups is 4. The third-order valence-electron chi connectivity index (χ3n) is 4.70. The van der Waals surface area contributed by atoms with Crippen LogP contribution in [0.5, 0.6) is 0 Å². The van der Waals surface area contributed by atoms with Crippen LogP contribution < -0.4 is 5.32 Å². The van der Waals surface area contributed by atoms with E-state index in [9.17, 15) is 19.2 Å². The van der Waals surface area contributed by atoms with Gasteiger partial charge in [0.05, 0.1) is 30.8 Å². The van der Waals surface area contributed by atoms with Crippen LogP contribution in [0.15, 0.2) is 30.3 Å². The fourth-order valence-electron chi connectivity index (χ4n) is 3.26. The van der Waals surface area contributed by atoms with Crippen LogP contribution in [0, 0.1) is 13.8 Å². The minimum Gasteiger partial charge on any atom is -0.465 e. The standard InChI is InChI=1S/C22H26N2O6/c1-12-19(22(28)29-5)13(2)23-20(12)21(27)14(3)30-18(26)11-17(24-15(4)25)16-9-7-6-8-10-16/h6-10,14,17,23H,11H2,1-5H3,(H,24,25)/t14-,17+/m0/s1. The number of hydrogen-bond donors (Lipinski definition) is 2. The SMILES string of the molecule is COC(=O)c1c(C)[nH]c(C(=O)[C@H](C)OC(=O)C[C@@H](NC(C)=O)c2ccccc2)c1C. The van der Waals surface area contributed by atoms with E-state index in [4.69, 9.17) is 9.47 Å². The van der Waals surface area contributed by atoms with Crippen LogP contribution >= 0.6 is 0 Å². The highest BCUT2D eigenvalue weighted by Gasteiger charge is 2.28. The lowest BCUT2D eigenvalue weighted by Crippen LogP contribution is -2.31. The summed E-state index contributed by atoms with van der Waals surface area (Å²) < 4.78 is 10.1. The normalized spacial score (nSPS) is 12.6. The maximum atomic E-state index is 12.8. The zero-order valence-corrected chi connectivity index (χ0v) is 17.7. The van der Waals surface area contributed by atoms with Gasteiger partial charge < -0.3 is 19.8 Å². The lowest BCUT2D eigenvalue weighted by Gasteiger charge is -2.19. The van der Waals surface area contributed by atoms with Crippen molar-refractivity contribution >= 4 is 23.6 Å². The number of H-pyrrole nitrogens is 1. The number of amides is 1. The monoisotopic (exact) mass is 414 g/mol. The van der Waals surface area contributed by atoms with E-state index in [0.717, 1.165) is 5.56 Å². The number of aryl methyl sites for hydroxylation is 1. The molecule has 0 unspecified atom stereocenters. The first-order valence-electron chi connectivity index (χ1n) is 9.48. The Kier molecular flexibility index (Phi) is 7.52. The molecule has 0 fully saturated rings. The van der Waals surface area contributed by atoms with E-state index < -0.39 is 29.9 Å². The van der Waals surface area contributed by atoms with Gasteiger partial charge in [0.1, 0.15) is 0 Å². The van der Waals surface area contributed by atoms with E-state index in [1.165, 1.54) is 21.0 Å². The molecule has 8 nitrogen and oxygen atoms in total. The Bertz CT molecular complexity index is 948. The van der Waals surface area contributed by atoms with Gasteiger partial charge in [0.15, 0.2) is 6.10 Å². The summed E-state index contributed by atoms with van der Waals surface area (Å²) in [4.78, 5) is 51.5. The van der Waals surface area contributed by atoms with E-state index in [1.54, 1.807) is 38.1 Å². The Morgan fingerprint density at radius 3 is 2.30 bits per heavy atom. The first-order chi connectivity index (χ1) is 14.1. The largest absolute Gasteiger partial charge is 0.465 e. The van der Waals surface area contributed by atoms with Crippen molar-refractivity contribution < 1.29 is 28.7 Å². The number of ether oxygens (including phenoxy) is 2. The molecule has 8 heteroatoms. The second kappa shape index (κ2) is 9.87. The third-order valence-corrected chi connectivity index (χ3v) is 4.70. The van der Waals surface area contributed by atoms with Gasteiger partial charge in [-0.2, -0.15) is 0 Å². The van der Waals surface area contributed by atoms with Crippen molar-refractivity contribution in [2.45, 2.75) is 46.3 Å². The summed E-state index contributed by atoms with van der Waals surface area (Å²) in [5.74, 6) is -1.93. The first-order valence-corrected chi connectivity index (χ1v) is 9.48. The molecule has 2 N–H and O–H groups in total. The molecule has 2 rings (SSSR count). The van der Waals surface area contributed by atoms with Crippen molar-refractivity contribution in [2.75, 3.05) is 7.11 Å². The van der Waals surface area contributed by atoms with E-state index in [1.807, 2.05) is 6.07 Å². The molecular weight excluding hydrogens is 388 g/mol. The number of ketones is 1. The number of carbonyl (C=O) groups excluding carboxylic acids is 4. The van der Waals surface area contributed by atoms with Gasteiger partial charge in [0.25, 0.3) is 0 Å². The molecule has 2 aromatic rings. The number of nitrogens with one attached hydrogen (secondary N) is 2. The van der Waals surface area contributed by atoms with Gasteiger partial charge in [0.2, 0.25) is 11.7 Å². The molecule has 0 aliphatic rings. The Balaban J connectivity index is 2.12. The Hall–Kier alpha value is -3.42. The molecule has 0 saturated carbocycles. The van der Waals surface area contributed by atoms with Crippen molar-refractivity contribution in [3.63, 3.8) is 0 Å². The van der Waals surface area contributed by atoms with Crippen LogP contribution in [0.25, 0.3) is 0 Å². The quantitative estimate of drug-likeness (QED) is 0.507. The van der Waals surface area contributed by atoms with Crippen molar-refractivity contribution in [2.24, 2.45) is 0 Å². The summed E-state index contributed by atoms with van der Waals surface area (Å²) in [7, 11) is 1.26. The average Bonchev–Trinajstić information content (AvgIpc) is 3.00. The van der Waals surface area contributed by atoms with Gasteiger partial charge in [-0.25, -0.2) is 4.79 Å². The molecule has 2 atom stereocenters. The second-order valence-corrected chi connectivity index (χ2v) is 6.98. The molecule has 0 saturated heterocycles. The van der Waals surface area contributed by atoms with Crippen LogP contribution in [0.4, 0.5) is 0 Å². The maximum Gasteiger partial charge on any atom is 0.339 e. The summed E-state index contributed by atoms with van der Waals surface area (Å²) in [5, 5.41) is 2.72. The number of benzene rings is 1. The average molecular weight is 414 g/mol. The molecule has 0 aliphatic heterocycles. The molecule has 0 spiro atoms. The Morgan fingerprint density at radius 2 is 1.73 bits per heavy atom. The van der Waals surface area contributed by atoms with Crippen LogP contribution in [0.3, 0.4) is 0 Å². The number of hydrogen-bond acceptors (Lipinski definition) is 6. The minimum absolute atomic E-state index is 0.128. The van der Waals surface area contributed by atoms with Crippen LogP contribution in [0.1, 0.15) is 64.0 Å². The molecule has 30 heavy (non-hydrogen) atoms. The number of aromatic amines is 1. The number of methoxy groups -OCH3 is 1. The third kappa shape index (κ3) is 5.34. The van der Waals surface area contributed by atoms with Crippen LogP contribution in [0.2, 0.25) is 0 Å². The van der Waals surface area contributed by atoms with E-state index in [-0.39, 0.29) is 23.6 Å². The van der Waals surface area contributed by atoms with E-state index >= 15 is 0 Å². The molecule has 0 bridgehead atoms. The molecule has 1 heterocycles. The number of aromatic nitrogens is 1. The van der Waals surface area contributed by atoms with Crippen LogP contribution in [-0.4, -0.2) is 41.8 Å². The van der Waals surface area contributed by atoms with Gasteiger partial charge >= 0.3 is 11.9 Å². The molecular formula is C22H26N2O6. The maximum absolute atomic E-state index is 12.8. The van der Waals surface area contributed by atoms with Gasteiger partial charge in [-0.05, 0) is 31.9 Å². The Labute approximate surface area is 175 Å². The highest BCUT2D eigenvalue weighted by atomic mass is 16.5. The molecule has 1 aromatic carbocycles. The number of Topliss-reactive ketones (excluding diaryl/α,β-unsaturated/α-hetero) is 1. The van der Waals surface area contributed by atoms with Crippen molar-refractivity contribution in [3.8, 4) is 0 Å². The second-order valence-electron chi connectivity index (χ2n) is 6.98. The lowest BCUT2D eigenvalue weighted by molar-refractivity contribution is -0.147. The molecule has 0 aliphatic carbocycles. The summed E-state index contributed by atoms with van der Waals surface area (Å²) in [6.07, 6.45) is -1.20. The fraction of sp³-hybridized carbons (Fsp3) is 0.364. The Morgan fingerprint density at radius 1 is 1.10 bits per heavy atom. The van der Waals surface area contributed by atoms with Gasteiger partial charge in [-0.15, -0.1) is 0 Å². The summed E-state index contributed by atoms with van der Waals surface area (Å²) >= 11 is 0. The highest BCUT2D eigenvalue weighted by molar-refractivity contribution is 6.04.